The molecule has 1 heterocycles. The van der Waals surface area contributed by atoms with Crippen LogP contribution in [-0.4, -0.2) is 11.0 Å². The van der Waals surface area contributed by atoms with E-state index in [9.17, 15) is 0 Å². The second-order valence-electron chi connectivity index (χ2n) is 3.90. The molecule has 0 aliphatic carbocycles. The lowest BCUT2D eigenvalue weighted by Gasteiger charge is -2.19. The minimum Gasteiger partial charge on any atom is -0.359 e. The average molecular weight is 212 g/mol. The van der Waals surface area contributed by atoms with Crippen molar-refractivity contribution in [1.82, 2.24) is 4.98 Å². The summed E-state index contributed by atoms with van der Waals surface area (Å²) in [5.74, 6) is 0.661. The van der Waals surface area contributed by atoms with Crippen LogP contribution in [0.4, 0.5) is 5.13 Å². The molecule has 1 atom stereocenters. The van der Waals surface area contributed by atoms with Crippen molar-refractivity contribution in [3.63, 3.8) is 0 Å². The van der Waals surface area contributed by atoms with Crippen molar-refractivity contribution in [3.8, 4) is 0 Å². The van der Waals surface area contributed by atoms with Crippen LogP contribution in [0.1, 0.15) is 39.8 Å². The number of anilines is 1. The first-order valence-electron chi connectivity index (χ1n) is 5.38. The Morgan fingerprint density at radius 3 is 2.57 bits per heavy atom. The Kier molecular flexibility index (Phi) is 4.39. The van der Waals surface area contributed by atoms with E-state index in [-0.39, 0.29) is 0 Å². The van der Waals surface area contributed by atoms with Crippen LogP contribution in [0.25, 0.3) is 0 Å². The van der Waals surface area contributed by atoms with Crippen molar-refractivity contribution in [1.29, 1.82) is 0 Å². The van der Waals surface area contributed by atoms with E-state index in [1.807, 2.05) is 0 Å². The van der Waals surface area contributed by atoms with E-state index < -0.39 is 0 Å². The zero-order chi connectivity index (χ0) is 10.6. The summed E-state index contributed by atoms with van der Waals surface area (Å²) in [6, 6.07) is 0.547. The fourth-order valence-electron chi connectivity index (χ4n) is 1.43. The maximum absolute atomic E-state index is 4.51. The zero-order valence-electron chi connectivity index (χ0n) is 9.50. The van der Waals surface area contributed by atoms with Gasteiger partial charge in [-0.05, 0) is 18.8 Å². The molecule has 1 aromatic rings. The van der Waals surface area contributed by atoms with Gasteiger partial charge in [-0.15, -0.1) is 11.3 Å². The van der Waals surface area contributed by atoms with Crippen molar-refractivity contribution < 1.29 is 0 Å². The second kappa shape index (κ2) is 5.35. The Hall–Kier alpha value is -0.570. The van der Waals surface area contributed by atoms with E-state index in [2.05, 4.69) is 43.4 Å². The van der Waals surface area contributed by atoms with Gasteiger partial charge in [0.05, 0.1) is 5.69 Å². The SMILES string of the molecule is CCc1csc(NC(CC)C(C)C)n1. The largest absolute Gasteiger partial charge is 0.359 e. The molecule has 0 amide bonds. The lowest BCUT2D eigenvalue weighted by atomic mass is 10.0. The standard InChI is InChI=1S/C11H20N2S/c1-5-9-7-14-11(12-9)13-10(6-2)8(3)4/h7-8,10H,5-6H2,1-4H3,(H,12,13). The number of nitrogens with one attached hydrogen (secondary N) is 1. The van der Waals surface area contributed by atoms with Crippen LogP contribution >= 0.6 is 11.3 Å². The summed E-state index contributed by atoms with van der Waals surface area (Å²) in [5.41, 5.74) is 1.19. The number of aryl methyl sites for hydroxylation is 1. The molecule has 1 N–H and O–H groups in total. The normalized spacial score (nSPS) is 13.2. The number of aromatic nitrogens is 1. The first-order chi connectivity index (χ1) is 6.67. The van der Waals surface area contributed by atoms with Gasteiger partial charge in [0.2, 0.25) is 0 Å². The summed E-state index contributed by atoms with van der Waals surface area (Å²) >= 11 is 1.71. The molecule has 3 heteroatoms. The number of rotatable bonds is 5. The van der Waals surface area contributed by atoms with Gasteiger partial charge in [-0.3, -0.25) is 0 Å². The summed E-state index contributed by atoms with van der Waals surface area (Å²) in [7, 11) is 0. The molecule has 0 saturated carbocycles. The molecule has 0 saturated heterocycles. The van der Waals surface area contributed by atoms with Gasteiger partial charge in [0.25, 0.3) is 0 Å². The van der Waals surface area contributed by atoms with E-state index in [0.29, 0.717) is 12.0 Å². The molecule has 0 fully saturated rings. The Morgan fingerprint density at radius 2 is 2.14 bits per heavy atom. The molecule has 1 rings (SSSR count). The van der Waals surface area contributed by atoms with Crippen LogP contribution in [0.15, 0.2) is 5.38 Å². The lowest BCUT2D eigenvalue weighted by Crippen LogP contribution is -2.24. The molecule has 0 aromatic carbocycles. The zero-order valence-corrected chi connectivity index (χ0v) is 10.3. The van der Waals surface area contributed by atoms with E-state index in [0.717, 1.165) is 18.0 Å². The van der Waals surface area contributed by atoms with Crippen molar-refractivity contribution in [2.24, 2.45) is 5.92 Å². The molecule has 0 aliphatic heterocycles. The molecule has 1 aromatic heterocycles. The second-order valence-corrected chi connectivity index (χ2v) is 4.76. The Balaban J connectivity index is 2.57. The molecule has 14 heavy (non-hydrogen) atoms. The number of hydrogen-bond acceptors (Lipinski definition) is 3. The maximum Gasteiger partial charge on any atom is 0.183 e. The van der Waals surface area contributed by atoms with Gasteiger partial charge in [-0.25, -0.2) is 4.98 Å². The predicted octanol–water partition coefficient (Wildman–Crippen LogP) is 3.55. The minimum absolute atomic E-state index is 0.547. The third-order valence-corrected chi connectivity index (χ3v) is 3.29. The van der Waals surface area contributed by atoms with Gasteiger partial charge in [-0.2, -0.15) is 0 Å². The molecule has 2 nitrogen and oxygen atoms in total. The van der Waals surface area contributed by atoms with E-state index in [1.54, 1.807) is 11.3 Å². The predicted molar refractivity (Wildman–Crippen MR) is 64.0 cm³/mol. The molecule has 80 valence electrons. The highest BCUT2D eigenvalue weighted by molar-refractivity contribution is 7.13. The van der Waals surface area contributed by atoms with E-state index >= 15 is 0 Å². The minimum atomic E-state index is 0.547. The summed E-state index contributed by atoms with van der Waals surface area (Å²) < 4.78 is 0. The Bertz CT molecular complexity index is 268. The van der Waals surface area contributed by atoms with E-state index in [4.69, 9.17) is 0 Å². The van der Waals surface area contributed by atoms with Crippen LogP contribution in [0, 0.1) is 5.92 Å². The van der Waals surface area contributed by atoms with Gasteiger partial charge >= 0.3 is 0 Å². The highest BCUT2D eigenvalue weighted by atomic mass is 32.1. The molecule has 1 unspecified atom stereocenters. The van der Waals surface area contributed by atoms with Gasteiger partial charge in [0, 0.05) is 11.4 Å². The summed E-state index contributed by atoms with van der Waals surface area (Å²) in [4.78, 5) is 4.51. The van der Waals surface area contributed by atoms with Crippen LogP contribution in [0.2, 0.25) is 0 Å². The lowest BCUT2D eigenvalue weighted by molar-refractivity contribution is 0.511. The smallest absolute Gasteiger partial charge is 0.183 e. The van der Waals surface area contributed by atoms with Crippen LogP contribution in [0.3, 0.4) is 0 Å². The number of nitrogens with zero attached hydrogens (tertiary/aromatic N) is 1. The van der Waals surface area contributed by atoms with E-state index in [1.165, 1.54) is 5.69 Å². The summed E-state index contributed by atoms with van der Waals surface area (Å²) in [5, 5.41) is 6.70. The Morgan fingerprint density at radius 1 is 1.43 bits per heavy atom. The first-order valence-corrected chi connectivity index (χ1v) is 6.26. The molecule has 0 bridgehead atoms. The van der Waals surface area contributed by atoms with Crippen LogP contribution in [0.5, 0.6) is 0 Å². The van der Waals surface area contributed by atoms with Crippen LogP contribution < -0.4 is 5.32 Å². The van der Waals surface area contributed by atoms with Gasteiger partial charge < -0.3 is 5.32 Å². The number of hydrogen-bond donors (Lipinski definition) is 1. The summed E-state index contributed by atoms with van der Waals surface area (Å²) in [6.07, 6.45) is 2.18. The maximum atomic E-state index is 4.51. The quantitative estimate of drug-likeness (QED) is 0.807. The number of thiazole rings is 1. The highest BCUT2D eigenvalue weighted by Gasteiger charge is 2.11. The fraction of sp³-hybridized carbons (Fsp3) is 0.727. The third kappa shape index (κ3) is 2.98. The Labute approximate surface area is 90.8 Å². The highest BCUT2D eigenvalue weighted by Crippen LogP contribution is 2.19. The van der Waals surface area contributed by atoms with Gasteiger partial charge in [0.1, 0.15) is 0 Å². The molecule has 0 spiro atoms. The molecule has 0 aliphatic rings. The van der Waals surface area contributed by atoms with Crippen molar-refractivity contribution in [3.05, 3.63) is 11.1 Å². The molecule has 0 radical (unpaired) electrons. The third-order valence-electron chi connectivity index (χ3n) is 2.47. The van der Waals surface area contributed by atoms with Crippen molar-refractivity contribution in [2.75, 3.05) is 5.32 Å². The van der Waals surface area contributed by atoms with Gasteiger partial charge in [-0.1, -0.05) is 27.7 Å². The van der Waals surface area contributed by atoms with Gasteiger partial charge in [0.15, 0.2) is 5.13 Å². The van der Waals surface area contributed by atoms with Crippen LogP contribution in [-0.2, 0) is 6.42 Å². The molecular weight excluding hydrogens is 192 g/mol. The summed E-state index contributed by atoms with van der Waals surface area (Å²) in [6.45, 7) is 8.84. The topological polar surface area (TPSA) is 24.9 Å². The first kappa shape index (κ1) is 11.5. The average Bonchev–Trinajstić information content (AvgIpc) is 2.61. The van der Waals surface area contributed by atoms with Crippen molar-refractivity contribution >= 4 is 16.5 Å². The monoisotopic (exact) mass is 212 g/mol. The fourth-order valence-corrected chi connectivity index (χ4v) is 2.29. The van der Waals surface area contributed by atoms with Crippen molar-refractivity contribution in [2.45, 2.75) is 46.6 Å². The molecular formula is C11H20N2S.